The van der Waals surface area contributed by atoms with Gasteiger partial charge in [-0.1, -0.05) is 26.0 Å². The quantitative estimate of drug-likeness (QED) is 0.920. The fourth-order valence-corrected chi connectivity index (χ4v) is 2.98. The third kappa shape index (κ3) is 3.02. The van der Waals surface area contributed by atoms with Crippen molar-refractivity contribution in [2.75, 3.05) is 18.0 Å². The average Bonchev–Trinajstić information content (AvgIpc) is 2.69. The summed E-state index contributed by atoms with van der Waals surface area (Å²) in [5, 5.41) is 3.62. The monoisotopic (exact) mass is 296 g/mol. The van der Waals surface area contributed by atoms with E-state index in [0.717, 1.165) is 13.1 Å². The fraction of sp³-hybridized carbons (Fsp3) is 0.571. The molecular formula is C14H21BrN2. The normalized spacial score (nSPS) is 20.3. The van der Waals surface area contributed by atoms with Crippen molar-refractivity contribution in [3.05, 3.63) is 28.2 Å². The Morgan fingerprint density at radius 1 is 1.41 bits per heavy atom. The molecule has 1 saturated heterocycles. The van der Waals surface area contributed by atoms with Crippen molar-refractivity contribution >= 4 is 21.6 Å². The van der Waals surface area contributed by atoms with Gasteiger partial charge in [-0.2, -0.15) is 0 Å². The van der Waals surface area contributed by atoms with Gasteiger partial charge in [0, 0.05) is 29.6 Å². The molecule has 1 N–H and O–H groups in total. The van der Waals surface area contributed by atoms with E-state index >= 15 is 0 Å². The first kappa shape index (κ1) is 12.9. The summed E-state index contributed by atoms with van der Waals surface area (Å²) in [6.07, 6.45) is 1.23. The zero-order valence-corrected chi connectivity index (χ0v) is 12.4. The van der Waals surface area contributed by atoms with Crippen LogP contribution in [0, 0.1) is 6.92 Å². The number of anilines is 1. The van der Waals surface area contributed by atoms with Crippen molar-refractivity contribution in [2.24, 2.45) is 0 Å². The first-order valence-electron chi connectivity index (χ1n) is 6.34. The van der Waals surface area contributed by atoms with Gasteiger partial charge in [-0.15, -0.1) is 0 Å². The van der Waals surface area contributed by atoms with E-state index in [1.54, 1.807) is 0 Å². The number of rotatable bonds is 3. The van der Waals surface area contributed by atoms with E-state index in [9.17, 15) is 0 Å². The molecule has 0 radical (unpaired) electrons. The highest BCUT2D eigenvalue weighted by Crippen LogP contribution is 2.31. The first-order chi connectivity index (χ1) is 8.08. The molecule has 0 amide bonds. The number of hydrogen-bond donors (Lipinski definition) is 1. The van der Waals surface area contributed by atoms with Gasteiger partial charge in [-0.05, 0) is 40.9 Å². The van der Waals surface area contributed by atoms with E-state index in [1.165, 1.54) is 22.1 Å². The number of nitrogens with one attached hydrogen (secondary N) is 1. The Bertz CT molecular complexity index is 390. The Morgan fingerprint density at radius 3 is 2.88 bits per heavy atom. The highest BCUT2D eigenvalue weighted by molar-refractivity contribution is 9.10. The molecule has 0 bridgehead atoms. The van der Waals surface area contributed by atoms with Gasteiger partial charge >= 0.3 is 0 Å². The standard InChI is InChI=1S/C14H21BrN2/c1-10(2)16-12-7-8-17(9-12)13-6-4-5-11(3)14(13)15/h4-6,10,12,16H,7-9H2,1-3H3. The summed E-state index contributed by atoms with van der Waals surface area (Å²) in [6, 6.07) is 7.68. The Kier molecular flexibility index (Phi) is 4.10. The number of hydrogen-bond acceptors (Lipinski definition) is 2. The lowest BCUT2D eigenvalue weighted by Crippen LogP contribution is -2.37. The molecule has 1 unspecified atom stereocenters. The van der Waals surface area contributed by atoms with E-state index in [4.69, 9.17) is 0 Å². The topological polar surface area (TPSA) is 15.3 Å². The van der Waals surface area contributed by atoms with E-state index in [0.29, 0.717) is 12.1 Å². The highest BCUT2D eigenvalue weighted by Gasteiger charge is 2.24. The van der Waals surface area contributed by atoms with Gasteiger partial charge in [-0.25, -0.2) is 0 Å². The molecule has 17 heavy (non-hydrogen) atoms. The number of benzene rings is 1. The highest BCUT2D eigenvalue weighted by atomic mass is 79.9. The molecule has 0 spiro atoms. The van der Waals surface area contributed by atoms with Crippen molar-refractivity contribution in [1.82, 2.24) is 5.32 Å². The van der Waals surface area contributed by atoms with Crippen LogP contribution in [0.4, 0.5) is 5.69 Å². The van der Waals surface area contributed by atoms with Crippen molar-refractivity contribution < 1.29 is 0 Å². The second-order valence-electron chi connectivity index (χ2n) is 5.16. The van der Waals surface area contributed by atoms with Gasteiger partial charge in [0.1, 0.15) is 0 Å². The van der Waals surface area contributed by atoms with Crippen molar-refractivity contribution in [3.8, 4) is 0 Å². The molecule has 2 rings (SSSR count). The Balaban J connectivity index is 2.07. The minimum Gasteiger partial charge on any atom is -0.369 e. The second-order valence-corrected chi connectivity index (χ2v) is 5.95. The van der Waals surface area contributed by atoms with Crippen LogP contribution in [-0.2, 0) is 0 Å². The predicted octanol–water partition coefficient (Wildman–Crippen LogP) is 3.33. The molecule has 1 aromatic rings. The summed E-state index contributed by atoms with van der Waals surface area (Å²) >= 11 is 3.70. The Morgan fingerprint density at radius 2 is 2.18 bits per heavy atom. The van der Waals surface area contributed by atoms with Crippen LogP contribution in [-0.4, -0.2) is 25.2 Å². The Hall–Kier alpha value is -0.540. The van der Waals surface area contributed by atoms with E-state index in [2.05, 4.69) is 65.1 Å². The zero-order valence-electron chi connectivity index (χ0n) is 10.8. The molecule has 0 saturated carbocycles. The van der Waals surface area contributed by atoms with Crippen molar-refractivity contribution in [1.29, 1.82) is 0 Å². The number of halogens is 1. The predicted molar refractivity (Wildman–Crippen MR) is 77.8 cm³/mol. The molecule has 1 aromatic carbocycles. The molecule has 0 aliphatic carbocycles. The lowest BCUT2D eigenvalue weighted by atomic mass is 10.2. The summed E-state index contributed by atoms with van der Waals surface area (Å²) in [6.45, 7) is 8.83. The molecule has 2 nitrogen and oxygen atoms in total. The lowest BCUT2D eigenvalue weighted by Gasteiger charge is -2.22. The van der Waals surface area contributed by atoms with E-state index in [-0.39, 0.29) is 0 Å². The molecular weight excluding hydrogens is 276 g/mol. The Labute approximate surface area is 113 Å². The minimum atomic E-state index is 0.570. The molecule has 94 valence electrons. The molecule has 1 fully saturated rings. The molecule has 1 aliphatic rings. The molecule has 1 atom stereocenters. The fourth-order valence-electron chi connectivity index (χ4n) is 2.46. The third-order valence-corrected chi connectivity index (χ3v) is 4.30. The van der Waals surface area contributed by atoms with Gasteiger partial charge in [0.05, 0.1) is 5.69 Å². The second kappa shape index (κ2) is 5.40. The van der Waals surface area contributed by atoms with Crippen molar-refractivity contribution in [2.45, 2.75) is 39.3 Å². The molecule has 1 aliphatic heterocycles. The molecule has 1 heterocycles. The smallest absolute Gasteiger partial charge is 0.0513 e. The van der Waals surface area contributed by atoms with Crippen LogP contribution in [0.5, 0.6) is 0 Å². The maximum atomic E-state index is 3.70. The lowest BCUT2D eigenvalue weighted by molar-refractivity contribution is 0.492. The van der Waals surface area contributed by atoms with E-state index < -0.39 is 0 Å². The summed E-state index contributed by atoms with van der Waals surface area (Å²) in [7, 11) is 0. The van der Waals surface area contributed by atoms with Gasteiger partial charge in [-0.3, -0.25) is 0 Å². The average molecular weight is 297 g/mol. The first-order valence-corrected chi connectivity index (χ1v) is 7.13. The SMILES string of the molecule is Cc1cccc(N2CCC(NC(C)C)C2)c1Br. The van der Waals surface area contributed by atoms with Gasteiger partial charge < -0.3 is 10.2 Å². The largest absolute Gasteiger partial charge is 0.369 e. The van der Waals surface area contributed by atoms with Crippen LogP contribution in [0.3, 0.4) is 0 Å². The molecule has 3 heteroatoms. The van der Waals surface area contributed by atoms with Crippen LogP contribution in [0.2, 0.25) is 0 Å². The number of aryl methyl sites for hydroxylation is 1. The maximum absolute atomic E-state index is 3.70. The molecule has 0 aromatic heterocycles. The van der Waals surface area contributed by atoms with Crippen LogP contribution in [0.1, 0.15) is 25.8 Å². The third-order valence-electron chi connectivity index (χ3n) is 3.27. The van der Waals surface area contributed by atoms with Crippen LogP contribution < -0.4 is 10.2 Å². The summed E-state index contributed by atoms with van der Waals surface area (Å²) < 4.78 is 1.24. The summed E-state index contributed by atoms with van der Waals surface area (Å²) in [5.74, 6) is 0. The van der Waals surface area contributed by atoms with Gasteiger partial charge in [0.15, 0.2) is 0 Å². The minimum absolute atomic E-state index is 0.570. The van der Waals surface area contributed by atoms with Gasteiger partial charge in [0.2, 0.25) is 0 Å². The van der Waals surface area contributed by atoms with E-state index in [1.807, 2.05) is 0 Å². The van der Waals surface area contributed by atoms with Crippen LogP contribution in [0.15, 0.2) is 22.7 Å². The maximum Gasteiger partial charge on any atom is 0.0513 e. The van der Waals surface area contributed by atoms with Crippen LogP contribution >= 0.6 is 15.9 Å². The summed E-state index contributed by atoms with van der Waals surface area (Å²) in [4.78, 5) is 2.47. The number of nitrogens with zero attached hydrogens (tertiary/aromatic N) is 1. The van der Waals surface area contributed by atoms with Crippen LogP contribution in [0.25, 0.3) is 0 Å². The van der Waals surface area contributed by atoms with Gasteiger partial charge in [0.25, 0.3) is 0 Å². The van der Waals surface area contributed by atoms with Crippen molar-refractivity contribution in [3.63, 3.8) is 0 Å². The zero-order chi connectivity index (χ0) is 12.4. The summed E-state index contributed by atoms with van der Waals surface area (Å²) in [5.41, 5.74) is 2.64.